The lowest BCUT2D eigenvalue weighted by Crippen LogP contribution is -2.05. The molecule has 0 aliphatic rings. The van der Waals surface area contributed by atoms with Crippen molar-refractivity contribution in [3.05, 3.63) is 59.4 Å². The fourth-order valence-electron chi connectivity index (χ4n) is 1.69. The third-order valence-corrected chi connectivity index (χ3v) is 3.68. The van der Waals surface area contributed by atoms with E-state index in [1.54, 1.807) is 12.1 Å². The maximum Gasteiger partial charge on any atom is 0.159 e. The third-order valence-electron chi connectivity index (χ3n) is 2.59. The van der Waals surface area contributed by atoms with E-state index in [-0.39, 0.29) is 5.82 Å². The Bertz CT molecular complexity index is 587. The Kier molecular flexibility index (Phi) is 4.50. The van der Waals surface area contributed by atoms with Gasteiger partial charge in [-0.25, -0.2) is 13.2 Å². The van der Waals surface area contributed by atoms with Crippen LogP contribution in [0.15, 0.2) is 46.2 Å². The topological polar surface area (TPSA) is 26.0 Å². The van der Waals surface area contributed by atoms with Crippen LogP contribution in [-0.2, 0) is 6.42 Å². The highest BCUT2D eigenvalue weighted by atomic mass is 32.2. The van der Waals surface area contributed by atoms with E-state index in [1.807, 2.05) is 0 Å². The zero-order chi connectivity index (χ0) is 13.8. The van der Waals surface area contributed by atoms with Crippen LogP contribution in [0, 0.1) is 17.5 Å². The van der Waals surface area contributed by atoms with Crippen LogP contribution in [0.4, 0.5) is 13.2 Å². The lowest BCUT2D eigenvalue weighted by atomic mass is 10.1. The fourth-order valence-corrected chi connectivity index (χ4v) is 2.71. The zero-order valence-electron chi connectivity index (χ0n) is 10.00. The van der Waals surface area contributed by atoms with Crippen LogP contribution in [0.2, 0.25) is 0 Å². The van der Waals surface area contributed by atoms with Crippen molar-refractivity contribution < 1.29 is 13.2 Å². The smallest absolute Gasteiger partial charge is 0.159 e. The van der Waals surface area contributed by atoms with Gasteiger partial charge in [0.2, 0.25) is 0 Å². The molecule has 2 rings (SSSR count). The molecule has 100 valence electrons. The van der Waals surface area contributed by atoms with Crippen LogP contribution in [0.25, 0.3) is 0 Å². The van der Waals surface area contributed by atoms with Gasteiger partial charge in [0, 0.05) is 15.4 Å². The first kappa shape index (κ1) is 14.0. The Morgan fingerprint density at radius 1 is 0.947 bits per heavy atom. The van der Waals surface area contributed by atoms with Crippen molar-refractivity contribution in [2.75, 3.05) is 6.54 Å². The second-order valence-corrected chi connectivity index (χ2v) is 5.05. The van der Waals surface area contributed by atoms with E-state index in [0.717, 1.165) is 12.1 Å². The minimum Gasteiger partial charge on any atom is -0.330 e. The number of hydrogen-bond donors (Lipinski definition) is 1. The summed E-state index contributed by atoms with van der Waals surface area (Å²) in [4.78, 5) is 1.18. The molecule has 2 N–H and O–H groups in total. The second kappa shape index (κ2) is 6.12. The number of benzene rings is 2. The van der Waals surface area contributed by atoms with Crippen LogP contribution < -0.4 is 5.73 Å². The quantitative estimate of drug-likeness (QED) is 0.924. The average molecular weight is 283 g/mol. The van der Waals surface area contributed by atoms with Gasteiger partial charge in [-0.3, -0.25) is 0 Å². The summed E-state index contributed by atoms with van der Waals surface area (Å²) in [6, 6.07) is 8.29. The Morgan fingerprint density at radius 2 is 1.74 bits per heavy atom. The van der Waals surface area contributed by atoms with Crippen molar-refractivity contribution in [2.24, 2.45) is 5.73 Å². The summed E-state index contributed by atoms with van der Waals surface area (Å²) < 4.78 is 39.6. The third kappa shape index (κ3) is 3.30. The fraction of sp³-hybridized carbons (Fsp3) is 0.143. The second-order valence-electron chi connectivity index (χ2n) is 3.93. The zero-order valence-corrected chi connectivity index (χ0v) is 10.8. The summed E-state index contributed by atoms with van der Waals surface area (Å²) >= 11 is 1.19. The van der Waals surface area contributed by atoms with Gasteiger partial charge in [-0.2, -0.15) is 0 Å². The molecule has 0 fully saturated rings. The number of halogens is 3. The molecule has 19 heavy (non-hydrogen) atoms. The summed E-state index contributed by atoms with van der Waals surface area (Å²) in [7, 11) is 0. The molecular formula is C14H12F3NS. The van der Waals surface area contributed by atoms with Crippen LogP contribution in [0.3, 0.4) is 0 Å². The van der Waals surface area contributed by atoms with E-state index >= 15 is 0 Å². The molecule has 0 radical (unpaired) electrons. The molecule has 0 unspecified atom stereocenters. The van der Waals surface area contributed by atoms with Gasteiger partial charge in [0.1, 0.15) is 5.82 Å². The molecular weight excluding hydrogens is 271 g/mol. The van der Waals surface area contributed by atoms with Crippen LogP contribution >= 0.6 is 11.8 Å². The van der Waals surface area contributed by atoms with Gasteiger partial charge in [-0.1, -0.05) is 17.8 Å². The minimum atomic E-state index is -0.915. The number of hydrogen-bond acceptors (Lipinski definition) is 2. The SMILES string of the molecule is NCCc1c(F)cccc1Sc1ccc(F)c(F)c1. The summed E-state index contributed by atoms with van der Waals surface area (Å²) in [5.41, 5.74) is 5.95. The van der Waals surface area contributed by atoms with E-state index in [1.165, 1.54) is 23.9 Å². The van der Waals surface area contributed by atoms with E-state index in [2.05, 4.69) is 0 Å². The summed E-state index contributed by atoms with van der Waals surface area (Å²) in [5, 5.41) is 0. The van der Waals surface area contributed by atoms with Crippen molar-refractivity contribution in [3.8, 4) is 0 Å². The first-order chi connectivity index (χ1) is 9.11. The van der Waals surface area contributed by atoms with Gasteiger partial charge >= 0.3 is 0 Å². The molecule has 0 saturated carbocycles. The van der Waals surface area contributed by atoms with E-state index in [9.17, 15) is 13.2 Å². The Hall–Kier alpha value is -1.46. The van der Waals surface area contributed by atoms with Crippen molar-refractivity contribution in [3.63, 3.8) is 0 Å². The highest BCUT2D eigenvalue weighted by Gasteiger charge is 2.10. The van der Waals surface area contributed by atoms with Crippen LogP contribution in [-0.4, -0.2) is 6.54 Å². The van der Waals surface area contributed by atoms with Gasteiger partial charge in [0.15, 0.2) is 11.6 Å². The van der Waals surface area contributed by atoms with Gasteiger partial charge < -0.3 is 5.73 Å². The molecule has 2 aromatic rings. The maximum atomic E-state index is 13.7. The van der Waals surface area contributed by atoms with Crippen molar-refractivity contribution in [2.45, 2.75) is 16.2 Å². The first-order valence-electron chi connectivity index (χ1n) is 5.72. The molecule has 1 nitrogen and oxygen atoms in total. The van der Waals surface area contributed by atoms with Crippen molar-refractivity contribution in [1.29, 1.82) is 0 Å². The molecule has 0 bridgehead atoms. The van der Waals surface area contributed by atoms with Gasteiger partial charge in [0.05, 0.1) is 0 Å². The molecule has 5 heteroatoms. The standard InChI is InChI=1S/C14H12F3NS/c15-11-2-1-3-14(10(11)6-7-18)19-9-4-5-12(16)13(17)8-9/h1-5,8H,6-7,18H2. The summed E-state index contributed by atoms with van der Waals surface area (Å²) in [5.74, 6) is -2.15. The molecule has 0 heterocycles. The Labute approximate surface area is 113 Å². The minimum absolute atomic E-state index is 0.326. The van der Waals surface area contributed by atoms with Crippen molar-refractivity contribution >= 4 is 11.8 Å². The number of nitrogens with two attached hydrogens (primary N) is 1. The molecule has 0 atom stereocenters. The van der Waals surface area contributed by atoms with Gasteiger partial charge in [-0.05, 0) is 43.3 Å². The summed E-state index contributed by atoms with van der Waals surface area (Å²) in [6.45, 7) is 0.326. The molecule has 0 saturated heterocycles. The highest BCUT2D eigenvalue weighted by molar-refractivity contribution is 7.99. The predicted octanol–water partition coefficient (Wildman–Crippen LogP) is 3.76. The van der Waals surface area contributed by atoms with Crippen LogP contribution in [0.5, 0.6) is 0 Å². The Morgan fingerprint density at radius 3 is 2.42 bits per heavy atom. The normalized spacial score (nSPS) is 10.7. The maximum absolute atomic E-state index is 13.7. The lowest BCUT2D eigenvalue weighted by molar-refractivity contribution is 0.506. The Balaban J connectivity index is 2.32. The van der Waals surface area contributed by atoms with Crippen molar-refractivity contribution in [1.82, 2.24) is 0 Å². The largest absolute Gasteiger partial charge is 0.330 e. The van der Waals surface area contributed by atoms with E-state index in [4.69, 9.17) is 5.73 Å². The highest BCUT2D eigenvalue weighted by Crippen LogP contribution is 2.32. The average Bonchev–Trinajstić information content (AvgIpc) is 2.38. The summed E-state index contributed by atoms with van der Waals surface area (Å²) in [6.07, 6.45) is 0.401. The lowest BCUT2D eigenvalue weighted by Gasteiger charge is -2.09. The van der Waals surface area contributed by atoms with E-state index < -0.39 is 11.6 Å². The molecule has 2 aromatic carbocycles. The van der Waals surface area contributed by atoms with E-state index in [0.29, 0.717) is 28.3 Å². The number of rotatable bonds is 4. The molecule has 0 amide bonds. The monoisotopic (exact) mass is 283 g/mol. The van der Waals surface area contributed by atoms with Gasteiger partial charge in [0.25, 0.3) is 0 Å². The van der Waals surface area contributed by atoms with Gasteiger partial charge in [-0.15, -0.1) is 0 Å². The first-order valence-corrected chi connectivity index (χ1v) is 6.54. The molecule has 0 aliphatic heterocycles. The molecule has 0 aliphatic carbocycles. The van der Waals surface area contributed by atoms with Crippen LogP contribution in [0.1, 0.15) is 5.56 Å². The molecule has 0 spiro atoms. The predicted molar refractivity (Wildman–Crippen MR) is 69.6 cm³/mol. The molecule has 0 aromatic heterocycles.